The number of hydrogen-bond donors (Lipinski definition) is 0. The van der Waals surface area contributed by atoms with Gasteiger partial charge in [0.1, 0.15) is 18.0 Å². The smallest absolute Gasteiger partial charge is 0.265 e. The number of anilines is 1. The number of fused-ring (bicyclic) bond motifs is 1. The fourth-order valence-electron chi connectivity index (χ4n) is 4.12. The number of nitrogens with zero attached hydrogens (tertiary/aromatic N) is 5. The molecule has 1 fully saturated rings. The molecular weight excluding hydrogens is 430 g/mol. The topological polar surface area (TPSA) is 88.5 Å². The molecule has 2 aliphatic rings. The molecule has 8 nitrogen and oxygen atoms in total. The van der Waals surface area contributed by atoms with Gasteiger partial charge in [-0.15, -0.1) is 0 Å². The highest BCUT2D eigenvalue weighted by molar-refractivity contribution is 6.31. The third-order valence-corrected chi connectivity index (χ3v) is 5.88. The Bertz CT molecular complexity index is 1170. The highest BCUT2D eigenvalue weighted by atomic mass is 35.5. The van der Waals surface area contributed by atoms with Crippen LogP contribution in [-0.2, 0) is 9.59 Å². The lowest BCUT2D eigenvalue weighted by atomic mass is 10.1. The first-order chi connectivity index (χ1) is 15.6. The molecular formula is C23H20ClN5O3. The molecule has 0 bridgehead atoms. The van der Waals surface area contributed by atoms with Crippen LogP contribution in [0.3, 0.4) is 0 Å². The first-order valence-electron chi connectivity index (χ1n) is 10.4. The summed E-state index contributed by atoms with van der Waals surface area (Å²) in [6.45, 7) is 0.419. The Balaban J connectivity index is 1.38. The lowest BCUT2D eigenvalue weighted by Gasteiger charge is -2.32. The van der Waals surface area contributed by atoms with E-state index in [1.54, 1.807) is 35.5 Å². The molecule has 0 unspecified atom stereocenters. The van der Waals surface area contributed by atoms with Crippen molar-refractivity contribution in [2.45, 2.75) is 18.9 Å². The summed E-state index contributed by atoms with van der Waals surface area (Å²) < 4.78 is 5.48. The molecule has 162 valence electrons. The summed E-state index contributed by atoms with van der Waals surface area (Å²) in [5.74, 6) is 0.639. The second kappa shape index (κ2) is 8.55. The number of hydrogen-bond acceptors (Lipinski definition) is 6. The van der Waals surface area contributed by atoms with Gasteiger partial charge in [0, 0.05) is 24.0 Å². The van der Waals surface area contributed by atoms with Gasteiger partial charge in [0.2, 0.25) is 5.91 Å². The summed E-state index contributed by atoms with van der Waals surface area (Å²) in [5.41, 5.74) is 1.96. The Kier molecular flexibility index (Phi) is 5.45. The molecule has 2 aliphatic heterocycles. The number of carbonyl (C=O) groups is 2. The van der Waals surface area contributed by atoms with Crippen molar-refractivity contribution < 1.29 is 14.3 Å². The Morgan fingerprint density at radius 3 is 2.91 bits per heavy atom. The maximum Gasteiger partial charge on any atom is 0.265 e. The summed E-state index contributed by atoms with van der Waals surface area (Å²) in [6, 6.07) is 12.3. The van der Waals surface area contributed by atoms with Crippen molar-refractivity contribution in [3.8, 4) is 17.3 Å². The Hall–Kier alpha value is -3.52. The predicted molar refractivity (Wildman–Crippen MR) is 118 cm³/mol. The molecule has 2 aromatic heterocycles. The SMILES string of the molecule is O=C1COc2ccc(Cl)cc2N1CC(=O)N1CCC[C@@H]1c1ccnc(-c2ccccn2)n1. The minimum Gasteiger partial charge on any atom is -0.482 e. The van der Waals surface area contributed by atoms with Crippen LogP contribution in [0, 0.1) is 0 Å². The molecule has 0 aliphatic carbocycles. The van der Waals surface area contributed by atoms with Crippen LogP contribution in [0.2, 0.25) is 5.02 Å². The number of amides is 2. The molecule has 0 N–H and O–H groups in total. The van der Waals surface area contributed by atoms with E-state index < -0.39 is 0 Å². The van der Waals surface area contributed by atoms with Crippen LogP contribution < -0.4 is 9.64 Å². The molecule has 2 amide bonds. The molecule has 32 heavy (non-hydrogen) atoms. The van der Waals surface area contributed by atoms with Crippen molar-refractivity contribution >= 4 is 29.1 Å². The average Bonchev–Trinajstić information content (AvgIpc) is 3.32. The van der Waals surface area contributed by atoms with Gasteiger partial charge in [-0.3, -0.25) is 19.5 Å². The number of pyridine rings is 1. The molecule has 1 aromatic carbocycles. The van der Waals surface area contributed by atoms with Gasteiger partial charge in [-0.2, -0.15) is 0 Å². The molecule has 5 rings (SSSR count). The van der Waals surface area contributed by atoms with Crippen LogP contribution in [0.25, 0.3) is 11.5 Å². The molecule has 0 radical (unpaired) electrons. The number of rotatable bonds is 4. The molecule has 4 heterocycles. The molecule has 9 heteroatoms. The van der Waals surface area contributed by atoms with Crippen LogP contribution >= 0.6 is 11.6 Å². The minimum atomic E-state index is -0.275. The number of likely N-dealkylation sites (tertiary alicyclic amines) is 1. The lowest BCUT2D eigenvalue weighted by Crippen LogP contribution is -2.46. The van der Waals surface area contributed by atoms with Gasteiger partial charge in [-0.25, -0.2) is 9.97 Å². The average molecular weight is 450 g/mol. The van der Waals surface area contributed by atoms with Crippen LogP contribution in [0.15, 0.2) is 54.9 Å². The largest absolute Gasteiger partial charge is 0.482 e. The van der Waals surface area contributed by atoms with Gasteiger partial charge in [-0.1, -0.05) is 17.7 Å². The minimum absolute atomic E-state index is 0.0791. The lowest BCUT2D eigenvalue weighted by molar-refractivity contribution is -0.132. The van der Waals surface area contributed by atoms with Crippen molar-refractivity contribution in [1.82, 2.24) is 19.9 Å². The van der Waals surface area contributed by atoms with E-state index in [9.17, 15) is 9.59 Å². The van der Waals surface area contributed by atoms with Crippen LogP contribution in [0.5, 0.6) is 5.75 Å². The van der Waals surface area contributed by atoms with Crippen molar-refractivity contribution in [3.63, 3.8) is 0 Å². The van der Waals surface area contributed by atoms with Crippen molar-refractivity contribution in [2.24, 2.45) is 0 Å². The van der Waals surface area contributed by atoms with E-state index in [-0.39, 0.29) is 31.0 Å². The third kappa shape index (κ3) is 3.89. The van der Waals surface area contributed by atoms with E-state index in [1.165, 1.54) is 4.90 Å². The van der Waals surface area contributed by atoms with E-state index >= 15 is 0 Å². The monoisotopic (exact) mass is 449 g/mol. The van der Waals surface area contributed by atoms with Gasteiger partial charge in [0.05, 0.1) is 17.4 Å². The van der Waals surface area contributed by atoms with E-state index in [0.717, 1.165) is 18.5 Å². The molecule has 1 atom stereocenters. The zero-order chi connectivity index (χ0) is 22.1. The van der Waals surface area contributed by atoms with E-state index in [1.807, 2.05) is 24.3 Å². The number of benzene rings is 1. The highest BCUT2D eigenvalue weighted by Crippen LogP contribution is 2.36. The Morgan fingerprint density at radius 1 is 1.16 bits per heavy atom. The highest BCUT2D eigenvalue weighted by Gasteiger charge is 2.35. The van der Waals surface area contributed by atoms with Crippen LogP contribution in [0.4, 0.5) is 5.69 Å². The number of carbonyl (C=O) groups excluding carboxylic acids is 2. The number of ether oxygens (including phenoxy) is 1. The summed E-state index contributed by atoms with van der Waals surface area (Å²) in [4.78, 5) is 42.4. The van der Waals surface area contributed by atoms with E-state index in [0.29, 0.717) is 34.5 Å². The standard InChI is InChI=1S/C23H20ClN5O3/c24-15-6-7-20-19(12-15)29(22(31)14-32-20)13-21(30)28-11-3-5-18(28)16-8-10-26-23(27-16)17-4-1-2-9-25-17/h1-2,4,6-10,12,18H,3,5,11,13-14H2/t18-/m1/s1. The quantitative estimate of drug-likeness (QED) is 0.607. The van der Waals surface area contributed by atoms with Crippen molar-refractivity contribution in [3.05, 3.63) is 65.6 Å². The normalized spacial score (nSPS) is 17.8. The molecule has 0 saturated carbocycles. The fraction of sp³-hybridized carbons (Fsp3) is 0.261. The fourth-order valence-corrected chi connectivity index (χ4v) is 4.29. The summed E-state index contributed by atoms with van der Waals surface area (Å²) >= 11 is 6.11. The maximum atomic E-state index is 13.3. The molecule has 0 spiro atoms. The van der Waals surface area contributed by atoms with E-state index in [4.69, 9.17) is 16.3 Å². The maximum absolute atomic E-state index is 13.3. The van der Waals surface area contributed by atoms with Crippen molar-refractivity contribution in [1.29, 1.82) is 0 Å². The Labute approximate surface area is 189 Å². The summed E-state index contributed by atoms with van der Waals surface area (Å²) in [6.07, 6.45) is 5.04. The van der Waals surface area contributed by atoms with Gasteiger partial charge >= 0.3 is 0 Å². The van der Waals surface area contributed by atoms with Gasteiger partial charge in [-0.05, 0) is 49.2 Å². The van der Waals surface area contributed by atoms with Gasteiger partial charge in [0.15, 0.2) is 12.4 Å². The second-order valence-corrected chi connectivity index (χ2v) is 8.08. The molecule has 3 aromatic rings. The zero-order valence-electron chi connectivity index (χ0n) is 17.1. The van der Waals surface area contributed by atoms with Gasteiger partial charge < -0.3 is 9.64 Å². The number of aromatic nitrogens is 3. The van der Waals surface area contributed by atoms with Crippen LogP contribution in [0.1, 0.15) is 24.6 Å². The van der Waals surface area contributed by atoms with Gasteiger partial charge in [0.25, 0.3) is 5.91 Å². The second-order valence-electron chi connectivity index (χ2n) is 7.65. The predicted octanol–water partition coefficient (Wildman–Crippen LogP) is 3.28. The number of halogens is 1. The Morgan fingerprint density at radius 2 is 2.06 bits per heavy atom. The molecule has 1 saturated heterocycles. The summed E-state index contributed by atoms with van der Waals surface area (Å²) in [5, 5.41) is 0.474. The van der Waals surface area contributed by atoms with E-state index in [2.05, 4.69) is 15.0 Å². The summed E-state index contributed by atoms with van der Waals surface area (Å²) in [7, 11) is 0. The zero-order valence-corrected chi connectivity index (χ0v) is 17.9. The third-order valence-electron chi connectivity index (χ3n) is 5.64. The first kappa shape index (κ1) is 20.4. The van der Waals surface area contributed by atoms with Crippen LogP contribution in [-0.4, -0.2) is 51.4 Å². The first-order valence-corrected chi connectivity index (χ1v) is 10.7. The van der Waals surface area contributed by atoms with Crippen molar-refractivity contribution in [2.75, 3.05) is 24.6 Å².